The number of hydrogen-bond acceptors (Lipinski definition) is 7. The minimum absolute atomic E-state index is 0.0881. The van der Waals surface area contributed by atoms with Gasteiger partial charge in [-0.2, -0.15) is 5.26 Å². The maximum atomic E-state index is 13.9. The molecule has 0 spiro atoms. The number of nitrogens with zero attached hydrogens (tertiary/aromatic N) is 3. The number of hydrogen-bond donors (Lipinski definition) is 1. The summed E-state index contributed by atoms with van der Waals surface area (Å²) in [4.78, 5) is 29.9. The summed E-state index contributed by atoms with van der Waals surface area (Å²) in [5.41, 5.74) is -0.613. The van der Waals surface area contributed by atoms with Crippen molar-refractivity contribution in [2.24, 2.45) is 17.3 Å². The normalized spacial score (nSPS) is 31.8. The van der Waals surface area contributed by atoms with Crippen molar-refractivity contribution in [3.05, 3.63) is 47.3 Å². The number of alkyl carbamates (subject to hydrolysis) is 1. The fraction of sp³-hybridized carbons (Fsp3) is 0.686. The fourth-order valence-electron chi connectivity index (χ4n) is 8.70. The average Bonchev–Trinajstić information content (AvgIpc) is 3.59. The van der Waals surface area contributed by atoms with Crippen molar-refractivity contribution in [2.45, 2.75) is 108 Å². The number of nitriles is 1. The van der Waals surface area contributed by atoms with E-state index in [2.05, 4.69) is 26.1 Å². The van der Waals surface area contributed by atoms with E-state index in [1.54, 1.807) is 30.9 Å². The molecule has 3 aliphatic heterocycles. The summed E-state index contributed by atoms with van der Waals surface area (Å²) >= 11 is 0. The quantitative estimate of drug-likeness (QED) is 0.228. The number of carbonyl (C=O) groups is 2. The lowest BCUT2D eigenvalue weighted by Gasteiger charge is -2.64. The maximum Gasteiger partial charge on any atom is 0.482 e. The number of alkyl halides is 2. The number of halogens is 3. The smallest absolute Gasteiger partial charge is 0.444 e. The minimum Gasteiger partial charge on any atom is -0.444 e. The van der Waals surface area contributed by atoms with Crippen molar-refractivity contribution in [2.75, 3.05) is 26.2 Å². The molecule has 2 bridgehead atoms. The van der Waals surface area contributed by atoms with Crippen LogP contribution in [0.2, 0.25) is 0 Å². The molecule has 6 atom stereocenters. The van der Waals surface area contributed by atoms with Gasteiger partial charge in [0, 0.05) is 25.0 Å². The molecule has 0 radical (unpaired) electrons. The molecule has 1 aromatic rings. The molecule has 48 heavy (non-hydrogen) atoms. The van der Waals surface area contributed by atoms with Gasteiger partial charge in [0.1, 0.15) is 23.6 Å². The van der Waals surface area contributed by atoms with Gasteiger partial charge in [-0.1, -0.05) is 26.0 Å². The van der Waals surface area contributed by atoms with E-state index in [9.17, 15) is 28.0 Å². The fourth-order valence-corrected chi connectivity index (χ4v) is 8.70. The van der Waals surface area contributed by atoms with Crippen LogP contribution < -0.4 is 5.32 Å². The van der Waals surface area contributed by atoms with Crippen LogP contribution in [0.15, 0.2) is 35.9 Å². The molecule has 3 saturated carbocycles. The number of likely N-dealkylation sites (tertiary alicyclic amines) is 2. The number of amides is 2. The standard InChI is InChI=1S/C35H46BF3N4O5/c1-32(2,43-14-12-35(38,39)21-43)18-23(19-40)30(44)42-13-6-7-26(20-42)46-31(45)41-29(15-22-8-10-25(37)11-9-22)36-47-28-17-24-16-27(33(24,3)4)34(28,5)48-36/h8-11,18,24,26-29H,6-7,12-17,20-21H2,1-5H3,(H,41,45)/t24-,26?,27-,28+,29-,34-/m0/s1. The van der Waals surface area contributed by atoms with E-state index >= 15 is 0 Å². The van der Waals surface area contributed by atoms with E-state index in [1.807, 2.05) is 6.07 Å². The minimum atomic E-state index is -2.80. The third-order valence-electron chi connectivity index (χ3n) is 11.7. The Morgan fingerprint density at radius 3 is 2.58 bits per heavy atom. The van der Waals surface area contributed by atoms with Gasteiger partial charge in [0.05, 0.1) is 30.7 Å². The number of piperidine rings is 1. The van der Waals surface area contributed by atoms with Gasteiger partial charge in [-0.3, -0.25) is 9.69 Å². The molecule has 6 aliphatic rings. The Morgan fingerprint density at radius 1 is 1.21 bits per heavy atom. The molecule has 0 aromatic heterocycles. The van der Waals surface area contributed by atoms with E-state index < -0.39 is 54.8 Å². The molecule has 260 valence electrons. The first-order valence-electron chi connectivity index (χ1n) is 17.1. The number of nitrogens with one attached hydrogen (secondary N) is 1. The predicted octanol–water partition coefficient (Wildman–Crippen LogP) is 5.29. The van der Waals surface area contributed by atoms with Gasteiger partial charge < -0.3 is 24.3 Å². The van der Waals surface area contributed by atoms with Crippen molar-refractivity contribution < 1.29 is 36.8 Å². The highest BCUT2D eigenvalue weighted by molar-refractivity contribution is 6.47. The predicted molar refractivity (Wildman–Crippen MR) is 172 cm³/mol. The molecule has 2 amide bonds. The third kappa shape index (κ3) is 6.72. The second-order valence-electron chi connectivity index (χ2n) is 15.7. The Morgan fingerprint density at radius 2 is 1.94 bits per heavy atom. The first-order valence-corrected chi connectivity index (χ1v) is 17.1. The monoisotopic (exact) mass is 670 g/mol. The Bertz CT molecular complexity index is 1480. The third-order valence-corrected chi connectivity index (χ3v) is 11.7. The lowest BCUT2D eigenvalue weighted by Crippen LogP contribution is -2.65. The van der Waals surface area contributed by atoms with Crippen LogP contribution in [0.4, 0.5) is 18.0 Å². The van der Waals surface area contributed by atoms with Crippen LogP contribution in [0, 0.1) is 34.4 Å². The SMILES string of the molecule is CC1(C)[C@@H]2C[C@H]3OB([C@H](Cc4ccc(F)cc4)NC(=O)OC4CCCN(C(=O)C(C#N)=CC(C)(C)N5CCC(F)(F)C5)C4)O[C@@]3(C)[C@H]1C2. The van der Waals surface area contributed by atoms with Gasteiger partial charge in [-0.15, -0.1) is 0 Å². The summed E-state index contributed by atoms with van der Waals surface area (Å²) in [7, 11) is -0.737. The molecule has 9 nitrogen and oxygen atoms in total. The van der Waals surface area contributed by atoms with Crippen LogP contribution in [0.3, 0.4) is 0 Å². The summed E-state index contributed by atoms with van der Waals surface area (Å²) in [5.74, 6) is -3.42. The van der Waals surface area contributed by atoms with Gasteiger partial charge in [0.25, 0.3) is 11.8 Å². The molecule has 1 aromatic carbocycles. The Balaban J connectivity index is 1.11. The molecular weight excluding hydrogens is 624 g/mol. The van der Waals surface area contributed by atoms with Gasteiger partial charge in [0.15, 0.2) is 0 Å². The van der Waals surface area contributed by atoms with Crippen molar-refractivity contribution in [1.82, 2.24) is 15.1 Å². The van der Waals surface area contributed by atoms with Crippen molar-refractivity contribution in [1.29, 1.82) is 5.26 Å². The topological polar surface area (TPSA) is 104 Å². The average molecular weight is 671 g/mol. The van der Waals surface area contributed by atoms with Crippen molar-refractivity contribution in [3.8, 4) is 6.07 Å². The molecule has 3 aliphatic carbocycles. The first kappa shape index (κ1) is 34.8. The van der Waals surface area contributed by atoms with Crippen LogP contribution in [0.5, 0.6) is 0 Å². The molecule has 1 unspecified atom stereocenters. The zero-order valence-electron chi connectivity index (χ0n) is 28.4. The van der Waals surface area contributed by atoms with Crippen LogP contribution >= 0.6 is 0 Å². The highest BCUT2D eigenvalue weighted by Gasteiger charge is 2.68. The van der Waals surface area contributed by atoms with Crippen LogP contribution in [0.1, 0.15) is 72.3 Å². The Hall–Kier alpha value is -3.08. The highest BCUT2D eigenvalue weighted by Crippen LogP contribution is 2.65. The van der Waals surface area contributed by atoms with Gasteiger partial charge >= 0.3 is 13.2 Å². The summed E-state index contributed by atoms with van der Waals surface area (Å²) < 4.78 is 60.4. The van der Waals surface area contributed by atoms with E-state index in [0.29, 0.717) is 37.6 Å². The lowest BCUT2D eigenvalue weighted by atomic mass is 9.43. The maximum absolute atomic E-state index is 13.9. The zero-order valence-corrected chi connectivity index (χ0v) is 28.4. The first-order chi connectivity index (χ1) is 22.5. The van der Waals surface area contributed by atoms with E-state index in [4.69, 9.17) is 14.0 Å². The largest absolute Gasteiger partial charge is 0.482 e. The highest BCUT2D eigenvalue weighted by atomic mass is 19.3. The Kier molecular flexibility index (Phi) is 9.18. The molecule has 7 rings (SSSR count). The van der Waals surface area contributed by atoms with Crippen molar-refractivity contribution in [3.63, 3.8) is 0 Å². The van der Waals surface area contributed by atoms with E-state index in [-0.39, 0.29) is 42.4 Å². The second-order valence-corrected chi connectivity index (χ2v) is 15.7. The molecule has 3 heterocycles. The van der Waals surface area contributed by atoms with Gasteiger partial charge in [0.2, 0.25) is 0 Å². The number of rotatable bonds is 8. The molecule has 13 heteroatoms. The molecule has 1 N–H and O–H groups in total. The summed E-state index contributed by atoms with van der Waals surface area (Å²) in [6, 6.07) is 8.04. The van der Waals surface area contributed by atoms with Crippen LogP contribution in [-0.2, 0) is 25.3 Å². The summed E-state index contributed by atoms with van der Waals surface area (Å²) in [6.07, 6.45) is 3.14. The van der Waals surface area contributed by atoms with Gasteiger partial charge in [-0.25, -0.2) is 18.0 Å². The number of carbonyl (C=O) groups excluding carboxylic acids is 2. The second kappa shape index (κ2) is 12.7. The van der Waals surface area contributed by atoms with Gasteiger partial charge in [-0.05, 0) is 93.9 Å². The van der Waals surface area contributed by atoms with Crippen molar-refractivity contribution >= 4 is 19.1 Å². The van der Waals surface area contributed by atoms with Crippen LogP contribution in [-0.4, -0.2) is 90.3 Å². The lowest BCUT2D eigenvalue weighted by molar-refractivity contribution is -0.199. The zero-order chi connectivity index (χ0) is 34.6. The summed E-state index contributed by atoms with van der Waals surface area (Å²) in [5, 5.41) is 12.8. The van der Waals surface area contributed by atoms with E-state index in [0.717, 1.165) is 18.4 Å². The summed E-state index contributed by atoms with van der Waals surface area (Å²) in [6.45, 7) is 10.3. The van der Waals surface area contributed by atoms with Crippen LogP contribution in [0.25, 0.3) is 0 Å². The number of ether oxygens (including phenoxy) is 1. The number of benzene rings is 1. The molecule has 6 fully saturated rings. The van der Waals surface area contributed by atoms with E-state index in [1.165, 1.54) is 23.1 Å². The molecular formula is C35H46BF3N4O5. The Labute approximate surface area is 281 Å². The molecule has 3 saturated heterocycles.